The molecule has 19 heavy (non-hydrogen) atoms. The second-order valence-corrected chi connectivity index (χ2v) is 4.65. The molecule has 1 unspecified atom stereocenters. The molecule has 1 aromatic rings. The van der Waals surface area contributed by atoms with Crippen LogP contribution >= 0.6 is 0 Å². The Morgan fingerprint density at radius 2 is 1.89 bits per heavy atom. The van der Waals surface area contributed by atoms with Crippen LogP contribution in [0.2, 0.25) is 0 Å². The Morgan fingerprint density at radius 1 is 1.32 bits per heavy atom. The van der Waals surface area contributed by atoms with Gasteiger partial charge in [0.25, 0.3) is 0 Å². The number of hydrogen-bond acceptors (Lipinski definition) is 5. The SMILES string of the molecule is CO[NH+]([O-])c1ccc(F)cc1OS(=O)(=O)C(F)(F)F. The summed E-state index contributed by atoms with van der Waals surface area (Å²) < 4.78 is 74.5. The summed E-state index contributed by atoms with van der Waals surface area (Å²) in [4.78, 5) is 4.20. The molecule has 0 aliphatic heterocycles. The number of quaternary nitrogens is 1. The van der Waals surface area contributed by atoms with Gasteiger partial charge in [-0.2, -0.15) is 26.8 Å². The van der Waals surface area contributed by atoms with Gasteiger partial charge >= 0.3 is 15.6 Å². The van der Waals surface area contributed by atoms with Gasteiger partial charge in [-0.15, -0.1) is 0 Å². The molecule has 1 N–H and O–H groups in total. The Morgan fingerprint density at radius 3 is 2.37 bits per heavy atom. The van der Waals surface area contributed by atoms with Crippen LogP contribution in [0.1, 0.15) is 0 Å². The van der Waals surface area contributed by atoms with E-state index in [0.717, 1.165) is 19.2 Å². The smallest absolute Gasteiger partial charge is 0.534 e. The van der Waals surface area contributed by atoms with E-state index in [0.29, 0.717) is 6.07 Å². The number of halogens is 4. The largest absolute Gasteiger partial charge is 0.595 e. The van der Waals surface area contributed by atoms with Crippen molar-refractivity contribution in [3.63, 3.8) is 0 Å². The molecule has 0 aromatic heterocycles. The van der Waals surface area contributed by atoms with Crippen molar-refractivity contribution < 1.29 is 40.2 Å². The summed E-state index contributed by atoms with van der Waals surface area (Å²) in [5.41, 5.74) is -6.36. The van der Waals surface area contributed by atoms with E-state index in [4.69, 9.17) is 0 Å². The third-order valence-electron chi connectivity index (χ3n) is 1.83. The molecule has 1 aromatic carbocycles. The molecule has 1 atom stereocenters. The average molecular weight is 305 g/mol. The van der Waals surface area contributed by atoms with Crippen molar-refractivity contribution in [3.05, 3.63) is 29.2 Å². The summed E-state index contributed by atoms with van der Waals surface area (Å²) in [6.07, 6.45) is 0. The maximum atomic E-state index is 12.9. The van der Waals surface area contributed by atoms with Crippen molar-refractivity contribution in [2.75, 3.05) is 7.11 Å². The molecule has 0 amide bonds. The lowest BCUT2D eigenvalue weighted by Crippen LogP contribution is -3.00. The third-order valence-corrected chi connectivity index (χ3v) is 2.80. The fraction of sp³-hybridized carbons (Fsp3) is 0.250. The average Bonchev–Trinajstić information content (AvgIpc) is 2.26. The minimum atomic E-state index is -6.01. The van der Waals surface area contributed by atoms with Crippen molar-refractivity contribution in [2.45, 2.75) is 5.51 Å². The van der Waals surface area contributed by atoms with Crippen LogP contribution in [-0.2, 0) is 15.0 Å². The van der Waals surface area contributed by atoms with Crippen LogP contribution in [-0.4, -0.2) is 21.0 Å². The minimum Gasteiger partial charge on any atom is -0.595 e. The molecular formula is C8H7F4NO5S. The normalized spacial score (nSPS) is 14.2. The Labute approximate surface area is 104 Å². The fourth-order valence-corrected chi connectivity index (χ4v) is 1.48. The van der Waals surface area contributed by atoms with Crippen LogP contribution in [0.5, 0.6) is 5.75 Å². The van der Waals surface area contributed by atoms with Crippen LogP contribution in [0.25, 0.3) is 0 Å². The topological polar surface area (TPSA) is 80.1 Å². The lowest BCUT2D eigenvalue weighted by Gasteiger charge is -2.19. The molecule has 11 heteroatoms. The van der Waals surface area contributed by atoms with Gasteiger partial charge < -0.3 is 9.39 Å². The van der Waals surface area contributed by atoms with Crippen molar-refractivity contribution in [1.29, 1.82) is 0 Å². The monoisotopic (exact) mass is 305 g/mol. The highest BCUT2D eigenvalue weighted by Crippen LogP contribution is 2.30. The number of hydrogen-bond donors (Lipinski definition) is 1. The Balaban J connectivity index is 3.24. The lowest BCUT2D eigenvalue weighted by atomic mass is 10.3. The molecule has 0 saturated carbocycles. The highest BCUT2D eigenvalue weighted by atomic mass is 32.2. The second-order valence-electron chi connectivity index (χ2n) is 3.12. The third kappa shape index (κ3) is 3.53. The molecule has 0 fully saturated rings. The first kappa shape index (κ1) is 15.6. The molecular weight excluding hydrogens is 298 g/mol. The predicted octanol–water partition coefficient (Wildman–Crippen LogP) is 0.630. The Hall–Kier alpha value is -1.43. The zero-order chi connectivity index (χ0) is 14.8. The van der Waals surface area contributed by atoms with E-state index in [1.165, 1.54) is 0 Å². The van der Waals surface area contributed by atoms with Gasteiger partial charge in [0.15, 0.2) is 0 Å². The molecule has 0 aliphatic carbocycles. The van der Waals surface area contributed by atoms with Crippen molar-refractivity contribution >= 4 is 15.8 Å². The Kier molecular flexibility index (Phi) is 4.35. The molecule has 0 saturated heterocycles. The zero-order valence-electron chi connectivity index (χ0n) is 9.19. The first-order valence-corrected chi connectivity index (χ1v) is 5.88. The van der Waals surface area contributed by atoms with Gasteiger partial charge in [-0.25, -0.2) is 9.23 Å². The summed E-state index contributed by atoms with van der Waals surface area (Å²) in [7, 11) is -5.10. The quantitative estimate of drug-likeness (QED) is 0.382. The van der Waals surface area contributed by atoms with Gasteiger partial charge in [-0.05, 0) is 6.07 Å². The molecule has 108 valence electrons. The maximum absolute atomic E-state index is 12.9. The van der Waals surface area contributed by atoms with E-state index >= 15 is 0 Å². The standard InChI is InChI=1S/C8H7F4NO5S/c1-17-13(14)6-3-2-5(9)4-7(6)18-19(15,16)8(10,11)12/h2-4,13H,1H3. The molecule has 0 aliphatic rings. The highest BCUT2D eigenvalue weighted by Gasteiger charge is 2.49. The van der Waals surface area contributed by atoms with E-state index in [9.17, 15) is 31.2 Å². The molecule has 6 nitrogen and oxygen atoms in total. The van der Waals surface area contributed by atoms with E-state index in [-0.39, 0.29) is 0 Å². The summed E-state index contributed by atoms with van der Waals surface area (Å²) in [5.74, 6) is -2.19. The fourth-order valence-electron chi connectivity index (χ4n) is 1.01. The number of benzene rings is 1. The van der Waals surface area contributed by atoms with Gasteiger partial charge in [0, 0.05) is 12.1 Å². The summed E-state index contributed by atoms with van der Waals surface area (Å²) in [6, 6.07) is 1.80. The van der Waals surface area contributed by atoms with Crippen LogP contribution in [0.3, 0.4) is 0 Å². The van der Waals surface area contributed by atoms with Crippen LogP contribution < -0.4 is 9.41 Å². The molecule has 0 bridgehead atoms. The summed E-state index contributed by atoms with van der Waals surface area (Å²) in [5, 5.41) is 10.0. The minimum absolute atomic E-state index is 0.329. The van der Waals surface area contributed by atoms with Gasteiger partial charge in [0.05, 0.1) is 7.11 Å². The number of rotatable bonds is 4. The van der Waals surface area contributed by atoms with E-state index in [1.807, 2.05) is 0 Å². The maximum Gasteiger partial charge on any atom is 0.534 e. The van der Waals surface area contributed by atoms with Crippen LogP contribution in [0.15, 0.2) is 18.2 Å². The summed E-state index contributed by atoms with van der Waals surface area (Å²) >= 11 is 0. The molecule has 0 radical (unpaired) electrons. The lowest BCUT2D eigenvalue weighted by molar-refractivity contribution is -0.992. The van der Waals surface area contributed by atoms with Gasteiger partial charge in [-0.3, -0.25) is 0 Å². The first-order valence-electron chi connectivity index (χ1n) is 4.47. The van der Waals surface area contributed by atoms with Gasteiger partial charge in [0.1, 0.15) is 5.82 Å². The predicted molar refractivity (Wildman–Crippen MR) is 53.0 cm³/mol. The van der Waals surface area contributed by atoms with Crippen molar-refractivity contribution in [2.24, 2.45) is 0 Å². The van der Waals surface area contributed by atoms with Gasteiger partial charge in [-0.1, -0.05) is 0 Å². The zero-order valence-corrected chi connectivity index (χ0v) is 10.0. The first-order chi connectivity index (χ1) is 8.58. The van der Waals surface area contributed by atoms with Crippen LogP contribution in [0, 0.1) is 11.0 Å². The van der Waals surface area contributed by atoms with Crippen molar-refractivity contribution in [1.82, 2.24) is 0 Å². The van der Waals surface area contributed by atoms with Crippen LogP contribution in [0.4, 0.5) is 23.2 Å². The molecule has 1 rings (SSSR count). The van der Waals surface area contributed by atoms with Crippen molar-refractivity contribution in [3.8, 4) is 5.75 Å². The molecule has 0 spiro atoms. The second kappa shape index (κ2) is 5.28. The van der Waals surface area contributed by atoms with E-state index < -0.39 is 38.1 Å². The molecule has 0 heterocycles. The van der Waals surface area contributed by atoms with Gasteiger partial charge in [0.2, 0.25) is 11.4 Å². The highest BCUT2D eigenvalue weighted by molar-refractivity contribution is 7.88. The van der Waals surface area contributed by atoms with E-state index in [1.54, 1.807) is 0 Å². The number of nitrogens with one attached hydrogen (secondary N) is 1. The summed E-state index contributed by atoms with van der Waals surface area (Å²) in [6.45, 7) is 0. The van der Waals surface area contributed by atoms with E-state index in [2.05, 4.69) is 9.02 Å². The Bertz CT molecular complexity index is 559. The number of alkyl halides is 3.